The molecule has 0 saturated heterocycles. The van der Waals surface area contributed by atoms with Gasteiger partial charge in [0.1, 0.15) is 5.75 Å². The number of nitrogens with zero attached hydrogens (tertiary/aromatic N) is 1. The van der Waals surface area contributed by atoms with Crippen molar-refractivity contribution < 1.29 is 9.84 Å². The van der Waals surface area contributed by atoms with Crippen LogP contribution in [0.1, 0.15) is 38.4 Å². The highest BCUT2D eigenvalue weighted by Gasteiger charge is 2.32. The van der Waals surface area contributed by atoms with Crippen LogP contribution < -0.4 is 9.64 Å². The van der Waals surface area contributed by atoms with Gasteiger partial charge in [-0.1, -0.05) is 6.07 Å². The van der Waals surface area contributed by atoms with Crippen LogP contribution in [0, 0.1) is 5.92 Å². The van der Waals surface area contributed by atoms with Gasteiger partial charge in [-0.3, -0.25) is 0 Å². The zero-order chi connectivity index (χ0) is 13.3. The average Bonchev–Trinajstić information content (AvgIpc) is 3.20. The largest absolute Gasteiger partial charge is 0.496 e. The van der Waals surface area contributed by atoms with Gasteiger partial charge < -0.3 is 14.7 Å². The SMILES string of the molecule is COc1cccc(N(C)C(C)C2CC2)c1[C@H](C)O. The summed E-state index contributed by atoms with van der Waals surface area (Å²) in [6.45, 7) is 4.04. The summed E-state index contributed by atoms with van der Waals surface area (Å²) in [5.74, 6) is 1.56. The maximum absolute atomic E-state index is 9.99. The van der Waals surface area contributed by atoms with E-state index in [1.807, 2.05) is 12.1 Å². The first kappa shape index (κ1) is 13.2. The highest BCUT2D eigenvalue weighted by Crippen LogP contribution is 2.40. The fourth-order valence-electron chi connectivity index (χ4n) is 2.55. The van der Waals surface area contributed by atoms with Gasteiger partial charge in [0.2, 0.25) is 0 Å². The Morgan fingerprint density at radius 1 is 1.33 bits per heavy atom. The van der Waals surface area contributed by atoms with Crippen LogP contribution in [-0.4, -0.2) is 25.3 Å². The van der Waals surface area contributed by atoms with Crippen LogP contribution in [0.5, 0.6) is 5.75 Å². The summed E-state index contributed by atoms with van der Waals surface area (Å²) in [7, 11) is 3.75. The third-order valence-corrected chi connectivity index (χ3v) is 3.98. The third kappa shape index (κ3) is 2.46. The molecule has 3 nitrogen and oxygen atoms in total. The van der Waals surface area contributed by atoms with Gasteiger partial charge in [0.05, 0.1) is 13.2 Å². The molecule has 1 aromatic carbocycles. The Morgan fingerprint density at radius 2 is 2.00 bits per heavy atom. The van der Waals surface area contributed by atoms with Gasteiger partial charge >= 0.3 is 0 Å². The Morgan fingerprint density at radius 3 is 2.50 bits per heavy atom. The van der Waals surface area contributed by atoms with Crippen molar-refractivity contribution in [3.8, 4) is 5.75 Å². The summed E-state index contributed by atoms with van der Waals surface area (Å²) in [6.07, 6.45) is 2.11. The Hall–Kier alpha value is -1.22. The van der Waals surface area contributed by atoms with Crippen molar-refractivity contribution in [1.29, 1.82) is 0 Å². The summed E-state index contributed by atoms with van der Waals surface area (Å²) in [6, 6.07) is 6.45. The van der Waals surface area contributed by atoms with Crippen LogP contribution in [0.25, 0.3) is 0 Å². The number of aliphatic hydroxyl groups excluding tert-OH is 1. The van der Waals surface area contributed by atoms with Gasteiger partial charge in [0.25, 0.3) is 0 Å². The van der Waals surface area contributed by atoms with Gasteiger partial charge in [-0.05, 0) is 44.7 Å². The van der Waals surface area contributed by atoms with Crippen molar-refractivity contribution in [2.45, 2.75) is 38.8 Å². The van der Waals surface area contributed by atoms with Crippen LogP contribution in [0.4, 0.5) is 5.69 Å². The van der Waals surface area contributed by atoms with E-state index in [1.165, 1.54) is 12.8 Å². The second-order valence-electron chi connectivity index (χ2n) is 5.26. The number of anilines is 1. The van der Waals surface area contributed by atoms with Crippen LogP contribution in [0.2, 0.25) is 0 Å². The molecule has 100 valence electrons. The highest BCUT2D eigenvalue weighted by molar-refractivity contribution is 5.60. The van der Waals surface area contributed by atoms with Gasteiger partial charge in [-0.25, -0.2) is 0 Å². The molecule has 1 aliphatic rings. The molecule has 1 aliphatic carbocycles. The molecule has 1 unspecified atom stereocenters. The number of hydrogen-bond donors (Lipinski definition) is 1. The van der Waals surface area contributed by atoms with Gasteiger partial charge in [0.15, 0.2) is 0 Å². The fourth-order valence-corrected chi connectivity index (χ4v) is 2.55. The lowest BCUT2D eigenvalue weighted by atomic mass is 10.0. The van der Waals surface area contributed by atoms with Crippen LogP contribution in [0.15, 0.2) is 18.2 Å². The lowest BCUT2D eigenvalue weighted by Crippen LogP contribution is -2.31. The van der Waals surface area contributed by atoms with Gasteiger partial charge in [0, 0.05) is 24.3 Å². The van der Waals surface area contributed by atoms with Crippen molar-refractivity contribution in [1.82, 2.24) is 0 Å². The smallest absolute Gasteiger partial charge is 0.126 e. The second kappa shape index (κ2) is 5.19. The molecule has 2 rings (SSSR count). The molecule has 0 aliphatic heterocycles. The highest BCUT2D eigenvalue weighted by atomic mass is 16.5. The van der Waals surface area contributed by atoms with E-state index in [-0.39, 0.29) is 0 Å². The van der Waals surface area contributed by atoms with Gasteiger partial charge in [-0.15, -0.1) is 0 Å². The standard InChI is InChI=1S/C15H23NO2/c1-10(12-8-9-12)16(3)13-6-5-7-14(18-4)15(13)11(2)17/h5-7,10-12,17H,8-9H2,1-4H3/t10?,11-/m0/s1. The van der Waals surface area contributed by atoms with Gasteiger partial charge in [-0.2, -0.15) is 0 Å². The third-order valence-electron chi connectivity index (χ3n) is 3.98. The zero-order valence-corrected chi connectivity index (χ0v) is 11.7. The number of rotatable bonds is 5. The second-order valence-corrected chi connectivity index (χ2v) is 5.26. The normalized spacial score (nSPS) is 18.3. The lowest BCUT2D eigenvalue weighted by Gasteiger charge is -2.30. The molecule has 1 aromatic rings. The predicted molar refractivity (Wildman–Crippen MR) is 74.2 cm³/mol. The van der Waals surface area contributed by atoms with Crippen molar-refractivity contribution >= 4 is 5.69 Å². The molecule has 18 heavy (non-hydrogen) atoms. The molecule has 0 spiro atoms. The van der Waals surface area contributed by atoms with E-state index in [0.717, 1.165) is 22.9 Å². The van der Waals surface area contributed by atoms with E-state index in [0.29, 0.717) is 6.04 Å². The van der Waals surface area contributed by atoms with Crippen molar-refractivity contribution in [3.05, 3.63) is 23.8 Å². The monoisotopic (exact) mass is 249 g/mol. The Labute approximate surface area is 109 Å². The minimum Gasteiger partial charge on any atom is -0.496 e. The van der Waals surface area contributed by atoms with Crippen LogP contribution >= 0.6 is 0 Å². The van der Waals surface area contributed by atoms with E-state index in [1.54, 1.807) is 14.0 Å². The van der Waals surface area contributed by atoms with Crippen molar-refractivity contribution in [3.63, 3.8) is 0 Å². The average molecular weight is 249 g/mol. The molecule has 3 heteroatoms. The Kier molecular flexibility index (Phi) is 3.81. The fraction of sp³-hybridized carbons (Fsp3) is 0.600. The van der Waals surface area contributed by atoms with E-state index in [4.69, 9.17) is 4.74 Å². The molecule has 1 saturated carbocycles. The van der Waals surface area contributed by atoms with E-state index in [9.17, 15) is 5.11 Å². The summed E-state index contributed by atoms with van der Waals surface area (Å²) < 4.78 is 5.37. The first-order chi connectivity index (χ1) is 8.56. The van der Waals surface area contributed by atoms with Crippen molar-refractivity contribution in [2.24, 2.45) is 5.92 Å². The summed E-state index contributed by atoms with van der Waals surface area (Å²) in [5, 5.41) is 9.99. The number of hydrogen-bond acceptors (Lipinski definition) is 3. The minimum atomic E-state index is -0.523. The molecular formula is C15H23NO2. The Balaban J connectivity index is 2.36. The topological polar surface area (TPSA) is 32.7 Å². The number of benzene rings is 1. The molecule has 0 bridgehead atoms. The first-order valence-electron chi connectivity index (χ1n) is 6.64. The predicted octanol–water partition coefficient (Wildman–Crippen LogP) is 2.98. The molecule has 1 fully saturated rings. The number of aliphatic hydroxyl groups is 1. The molecule has 0 heterocycles. The zero-order valence-electron chi connectivity index (χ0n) is 11.7. The quantitative estimate of drug-likeness (QED) is 0.870. The number of ether oxygens (including phenoxy) is 1. The van der Waals surface area contributed by atoms with E-state index in [2.05, 4.69) is 24.9 Å². The summed E-state index contributed by atoms with van der Waals surface area (Å²) >= 11 is 0. The van der Waals surface area contributed by atoms with Crippen LogP contribution in [-0.2, 0) is 0 Å². The molecular weight excluding hydrogens is 226 g/mol. The van der Waals surface area contributed by atoms with E-state index >= 15 is 0 Å². The lowest BCUT2D eigenvalue weighted by molar-refractivity contribution is 0.194. The first-order valence-corrected chi connectivity index (χ1v) is 6.64. The maximum atomic E-state index is 9.99. The molecule has 0 amide bonds. The Bertz CT molecular complexity index is 413. The molecule has 1 N–H and O–H groups in total. The number of methoxy groups -OCH3 is 1. The van der Waals surface area contributed by atoms with E-state index < -0.39 is 6.10 Å². The summed E-state index contributed by atoms with van der Waals surface area (Å²) in [4.78, 5) is 2.27. The van der Waals surface area contributed by atoms with Crippen LogP contribution in [0.3, 0.4) is 0 Å². The molecule has 0 radical (unpaired) electrons. The molecule has 0 aromatic heterocycles. The maximum Gasteiger partial charge on any atom is 0.126 e. The molecule has 2 atom stereocenters. The minimum absolute atomic E-state index is 0.509. The van der Waals surface area contributed by atoms with Crippen molar-refractivity contribution in [2.75, 3.05) is 19.1 Å². The summed E-state index contributed by atoms with van der Waals surface area (Å²) in [5.41, 5.74) is 1.96.